The van der Waals surface area contributed by atoms with E-state index in [1.165, 1.54) is 12.8 Å². The fourth-order valence-electron chi connectivity index (χ4n) is 3.94. The molecule has 23 heavy (non-hydrogen) atoms. The number of rotatable bonds is 5. The fourth-order valence-corrected chi connectivity index (χ4v) is 3.94. The first-order valence-electron chi connectivity index (χ1n) is 8.63. The molecule has 1 heterocycles. The number of anilines is 2. The minimum absolute atomic E-state index is 0.110. The number of nitrogens with one attached hydrogen (secondary N) is 1. The molecule has 1 N–H and O–H groups in total. The van der Waals surface area contributed by atoms with E-state index < -0.39 is 0 Å². The van der Waals surface area contributed by atoms with E-state index in [-0.39, 0.29) is 16.4 Å². The second-order valence-electron chi connectivity index (χ2n) is 7.35. The van der Waals surface area contributed by atoms with Crippen LogP contribution in [-0.2, 0) is 0 Å². The Balaban J connectivity index is 1.73. The van der Waals surface area contributed by atoms with Crippen molar-refractivity contribution in [2.45, 2.75) is 31.2 Å². The molecular weight excluding hydrogens is 292 g/mol. The number of piperazine rings is 1. The molecule has 0 unspecified atom stereocenters. The highest BCUT2D eigenvalue weighted by atomic mass is 16.2. The second kappa shape index (κ2) is 6.24. The van der Waals surface area contributed by atoms with Crippen molar-refractivity contribution in [2.75, 3.05) is 64.1 Å². The van der Waals surface area contributed by atoms with E-state index in [1.54, 1.807) is 0 Å². The van der Waals surface area contributed by atoms with Crippen LogP contribution in [-0.4, -0.2) is 69.2 Å². The fraction of sp³-hybridized carbons (Fsp3) is 0.765. The van der Waals surface area contributed by atoms with Gasteiger partial charge in [0.1, 0.15) is 11.4 Å². The smallest absolute Gasteiger partial charge is 0.253 e. The zero-order valence-corrected chi connectivity index (χ0v) is 14.5. The lowest BCUT2D eigenvalue weighted by atomic mass is 9.95. The summed E-state index contributed by atoms with van der Waals surface area (Å²) in [4.78, 5) is 30.7. The van der Waals surface area contributed by atoms with Crippen molar-refractivity contribution in [1.82, 2.24) is 9.80 Å². The molecule has 0 radical (unpaired) electrons. The molecule has 1 aliphatic heterocycles. The maximum Gasteiger partial charge on any atom is 0.253 e. The molecule has 0 spiro atoms. The Morgan fingerprint density at radius 3 is 2.22 bits per heavy atom. The van der Waals surface area contributed by atoms with E-state index in [4.69, 9.17) is 0 Å². The predicted molar refractivity (Wildman–Crippen MR) is 94.4 cm³/mol. The summed E-state index contributed by atoms with van der Waals surface area (Å²) >= 11 is 0. The first-order chi connectivity index (χ1) is 10.9. The molecule has 2 fully saturated rings. The standard InChI is InChI=1S/C17H28N4O2/c1-19(2)17(6-4-5-7-17)12-18-13-14(16(23)15(13)22)21-10-8-20(3)9-11-21/h18H,4-12H2,1-3H3. The Hall–Kier alpha value is -1.40. The van der Waals surface area contributed by atoms with Crippen molar-refractivity contribution in [3.63, 3.8) is 0 Å². The SMILES string of the molecule is CN1CCN(c2c(NCC3(N(C)C)CCCC3)c(=O)c2=O)CC1. The summed E-state index contributed by atoms with van der Waals surface area (Å²) in [6.45, 7) is 4.23. The van der Waals surface area contributed by atoms with Gasteiger partial charge < -0.3 is 20.0 Å². The molecule has 6 nitrogen and oxygen atoms in total. The maximum absolute atomic E-state index is 12.0. The van der Waals surface area contributed by atoms with E-state index in [1.807, 2.05) is 0 Å². The summed E-state index contributed by atoms with van der Waals surface area (Å²) in [5, 5.41) is 3.33. The molecule has 0 bridgehead atoms. The van der Waals surface area contributed by atoms with E-state index >= 15 is 0 Å². The van der Waals surface area contributed by atoms with Gasteiger partial charge in [0, 0.05) is 38.3 Å². The normalized spacial score (nSPS) is 22.2. The minimum Gasteiger partial charge on any atom is -0.378 e. The first kappa shape index (κ1) is 16.5. The highest BCUT2D eigenvalue weighted by Crippen LogP contribution is 2.34. The van der Waals surface area contributed by atoms with Gasteiger partial charge in [-0.1, -0.05) is 12.8 Å². The van der Waals surface area contributed by atoms with Gasteiger partial charge in [-0.3, -0.25) is 9.59 Å². The Morgan fingerprint density at radius 2 is 1.65 bits per heavy atom. The third kappa shape index (κ3) is 2.90. The van der Waals surface area contributed by atoms with E-state index in [2.05, 4.69) is 41.2 Å². The minimum atomic E-state index is -0.342. The van der Waals surface area contributed by atoms with Crippen LogP contribution in [0.3, 0.4) is 0 Å². The molecular formula is C17H28N4O2. The molecule has 1 aromatic rings. The van der Waals surface area contributed by atoms with Crippen molar-refractivity contribution in [3.05, 3.63) is 20.4 Å². The third-order valence-electron chi connectivity index (χ3n) is 5.78. The summed E-state index contributed by atoms with van der Waals surface area (Å²) in [5.74, 6) is 0. The first-order valence-corrected chi connectivity index (χ1v) is 8.63. The third-order valence-corrected chi connectivity index (χ3v) is 5.78. The van der Waals surface area contributed by atoms with Gasteiger partial charge in [-0.2, -0.15) is 0 Å². The van der Waals surface area contributed by atoms with Crippen molar-refractivity contribution in [2.24, 2.45) is 0 Å². The van der Waals surface area contributed by atoms with Crippen LogP contribution in [0.25, 0.3) is 0 Å². The number of likely N-dealkylation sites (N-methyl/N-ethyl adjacent to an activating group) is 2. The Kier molecular flexibility index (Phi) is 4.47. The lowest BCUT2D eigenvalue weighted by Gasteiger charge is -2.38. The highest BCUT2D eigenvalue weighted by molar-refractivity contribution is 5.75. The lowest BCUT2D eigenvalue weighted by Crippen LogP contribution is -2.52. The Labute approximate surface area is 137 Å². The van der Waals surface area contributed by atoms with Crippen molar-refractivity contribution in [3.8, 4) is 0 Å². The Morgan fingerprint density at radius 1 is 1.04 bits per heavy atom. The van der Waals surface area contributed by atoms with Crippen molar-refractivity contribution >= 4 is 11.4 Å². The van der Waals surface area contributed by atoms with Gasteiger partial charge in [-0.05, 0) is 34.0 Å². The maximum atomic E-state index is 12.0. The van der Waals surface area contributed by atoms with Crippen LogP contribution in [0.5, 0.6) is 0 Å². The number of hydrogen-bond donors (Lipinski definition) is 1. The zero-order chi connectivity index (χ0) is 16.6. The summed E-state index contributed by atoms with van der Waals surface area (Å²) in [7, 11) is 6.30. The Bertz CT molecular complexity index is 619. The summed E-state index contributed by atoms with van der Waals surface area (Å²) in [5.41, 5.74) is 0.620. The topological polar surface area (TPSA) is 55.9 Å². The van der Waals surface area contributed by atoms with Crippen LogP contribution in [0.1, 0.15) is 25.7 Å². The molecule has 1 aromatic carbocycles. The summed E-state index contributed by atoms with van der Waals surface area (Å²) < 4.78 is 0. The average molecular weight is 320 g/mol. The van der Waals surface area contributed by atoms with Gasteiger partial charge in [0.15, 0.2) is 0 Å². The van der Waals surface area contributed by atoms with Crippen LogP contribution in [0.4, 0.5) is 11.4 Å². The van der Waals surface area contributed by atoms with Gasteiger partial charge in [-0.15, -0.1) is 0 Å². The van der Waals surface area contributed by atoms with E-state index in [0.29, 0.717) is 11.4 Å². The molecule has 6 heteroatoms. The van der Waals surface area contributed by atoms with Gasteiger partial charge >= 0.3 is 0 Å². The van der Waals surface area contributed by atoms with Gasteiger partial charge in [0.05, 0.1) is 0 Å². The summed E-state index contributed by atoms with van der Waals surface area (Å²) in [6.07, 6.45) is 4.76. The molecule has 0 atom stereocenters. The molecule has 3 rings (SSSR count). The van der Waals surface area contributed by atoms with Crippen LogP contribution in [0, 0.1) is 0 Å². The van der Waals surface area contributed by atoms with Crippen LogP contribution < -0.4 is 21.1 Å². The molecule has 1 aliphatic carbocycles. The lowest BCUT2D eigenvalue weighted by molar-refractivity contribution is 0.172. The predicted octanol–water partition coefficient (Wildman–Crippen LogP) is 0.321. The molecule has 2 aliphatic rings. The van der Waals surface area contributed by atoms with Crippen molar-refractivity contribution < 1.29 is 0 Å². The van der Waals surface area contributed by atoms with Gasteiger partial charge in [-0.25, -0.2) is 0 Å². The molecule has 1 saturated heterocycles. The molecule has 0 amide bonds. The van der Waals surface area contributed by atoms with E-state index in [0.717, 1.165) is 45.6 Å². The van der Waals surface area contributed by atoms with E-state index in [9.17, 15) is 9.59 Å². The number of hydrogen-bond acceptors (Lipinski definition) is 6. The molecule has 1 saturated carbocycles. The van der Waals surface area contributed by atoms with Crippen LogP contribution >= 0.6 is 0 Å². The van der Waals surface area contributed by atoms with Crippen LogP contribution in [0.2, 0.25) is 0 Å². The van der Waals surface area contributed by atoms with Gasteiger partial charge in [0.25, 0.3) is 10.9 Å². The molecule has 0 aromatic heterocycles. The molecule has 128 valence electrons. The average Bonchev–Trinajstić information content (AvgIpc) is 3.02. The second-order valence-corrected chi connectivity index (χ2v) is 7.35. The number of nitrogens with zero attached hydrogens (tertiary/aromatic N) is 3. The summed E-state index contributed by atoms with van der Waals surface area (Å²) in [6, 6.07) is 0. The monoisotopic (exact) mass is 320 g/mol. The van der Waals surface area contributed by atoms with Crippen molar-refractivity contribution in [1.29, 1.82) is 0 Å². The quantitative estimate of drug-likeness (QED) is 0.789. The largest absolute Gasteiger partial charge is 0.378 e. The highest BCUT2D eigenvalue weighted by Gasteiger charge is 2.37. The zero-order valence-electron chi connectivity index (χ0n) is 14.5. The van der Waals surface area contributed by atoms with Gasteiger partial charge in [0.2, 0.25) is 0 Å². The van der Waals surface area contributed by atoms with Crippen LogP contribution in [0.15, 0.2) is 9.59 Å².